The van der Waals surface area contributed by atoms with Crippen molar-refractivity contribution in [1.82, 2.24) is 0 Å². The molecule has 8 saturated carbocycles. The Balaban J connectivity index is 1.22. The van der Waals surface area contributed by atoms with Crippen LogP contribution >= 0.6 is 0 Å². The van der Waals surface area contributed by atoms with Gasteiger partial charge < -0.3 is 10.2 Å². The van der Waals surface area contributed by atoms with E-state index in [4.69, 9.17) is 0 Å². The van der Waals surface area contributed by atoms with E-state index in [-0.39, 0.29) is 33.7 Å². The molecule has 4 aromatic carbocycles. The van der Waals surface area contributed by atoms with Crippen molar-refractivity contribution in [3.8, 4) is 22.6 Å². The number of rotatable bonds is 16. The summed E-state index contributed by atoms with van der Waals surface area (Å²) < 4.78 is 0. The molecule has 0 aliphatic heterocycles. The molecule has 8 nitrogen and oxygen atoms in total. The van der Waals surface area contributed by atoms with Gasteiger partial charge in [0.05, 0.1) is 15.3 Å². The molecule has 4 aromatic rings. The van der Waals surface area contributed by atoms with Crippen molar-refractivity contribution in [1.29, 1.82) is 0 Å². The number of benzene rings is 4. The standard InChI is InChI=1S/C57H68N2O6/c1-3-5-7-9-11-35-13-15-45-46-16-14-36(12-10-8-6-4-2)24-48(46)57(47(45)23-35,43-25-49(53(60)51(27-43)58(62)63)55-29-37-17-38(30-55)19-39(18-37)31-55)44-26-50(54(61)52(28-44)59(64)65)56-32-40-20-41(33-56)22-42(21-40)34-56/h13-16,23-28,37-42,60-61H,3-12,17-22,29-34H2,1-2H3. The number of aromatic hydroxyl groups is 2. The van der Waals surface area contributed by atoms with Crippen LogP contribution in [0.15, 0.2) is 60.7 Å². The third kappa shape index (κ3) is 6.95. The van der Waals surface area contributed by atoms with Crippen molar-refractivity contribution in [3.63, 3.8) is 0 Å². The van der Waals surface area contributed by atoms with Gasteiger partial charge in [-0.3, -0.25) is 20.2 Å². The zero-order valence-corrected chi connectivity index (χ0v) is 38.7. The first kappa shape index (κ1) is 42.9. The normalized spacial score (nSPS) is 29.6. The number of phenols is 2. The highest BCUT2D eigenvalue weighted by Gasteiger charge is 2.57. The molecule has 0 atom stereocenters. The Labute approximate surface area is 384 Å². The van der Waals surface area contributed by atoms with Crippen LogP contribution in [0.2, 0.25) is 0 Å². The molecule has 0 spiro atoms. The van der Waals surface area contributed by atoms with E-state index in [1.807, 2.05) is 0 Å². The van der Waals surface area contributed by atoms with Crippen molar-refractivity contribution in [2.75, 3.05) is 0 Å². The Bertz CT molecular complexity index is 2310. The van der Waals surface area contributed by atoms with Crippen molar-refractivity contribution in [3.05, 3.63) is 125 Å². The number of phenolic OH excluding ortho intramolecular Hbond substituents is 2. The largest absolute Gasteiger partial charge is 0.502 e. The van der Waals surface area contributed by atoms with Gasteiger partial charge in [0.25, 0.3) is 0 Å². The maximum absolute atomic E-state index is 13.5. The molecule has 0 heterocycles. The summed E-state index contributed by atoms with van der Waals surface area (Å²) in [6.45, 7) is 4.45. The molecule has 2 N–H and O–H groups in total. The summed E-state index contributed by atoms with van der Waals surface area (Å²) in [6.07, 6.45) is 23.3. The minimum atomic E-state index is -1.21. The first-order valence-electron chi connectivity index (χ1n) is 25.8. The SMILES string of the molecule is CCCCCCc1ccc2c(c1)C(c1cc([N+](=O)[O-])c(O)c(C34CC5CC(CC(C5)C3)C4)c1)(c1cc([N+](=O)[O-])c(O)c(C34CC5CC(CC(C5)C3)C4)c1)c1cc(CCCCCC)ccc1-2. The van der Waals surface area contributed by atoms with E-state index in [1.54, 1.807) is 12.1 Å². The van der Waals surface area contributed by atoms with Gasteiger partial charge in [0.15, 0.2) is 11.5 Å². The molecule has 0 radical (unpaired) electrons. The molecule has 8 heteroatoms. The van der Waals surface area contributed by atoms with Gasteiger partial charge in [-0.05, 0) is 195 Å². The van der Waals surface area contributed by atoms with E-state index in [0.717, 1.165) is 125 Å². The van der Waals surface area contributed by atoms with Crippen LogP contribution in [-0.4, -0.2) is 20.1 Å². The number of hydrogen-bond donors (Lipinski definition) is 2. The molecule has 0 aromatic heterocycles. The van der Waals surface area contributed by atoms with E-state index < -0.39 is 15.3 Å². The number of aryl methyl sites for hydroxylation is 2. The van der Waals surface area contributed by atoms with E-state index in [1.165, 1.54) is 49.7 Å². The average Bonchev–Trinajstić information content (AvgIpc) is 3.55. The predicted molar refractivity (Wildman–Crippen MR) is 256 cm³/mol. The number of unbranched alkanes of at least 4 members (excludes halogenated alkanes) is 6. The Morgan fingerprint density at radius 3 is 1.17 bits per heavy atom. The fourth-order valence-electron chi connectivity index (χ4n) is 16.7. The van der Waals surface area contributed by atoms with Crippen LogP contribution in [-0.2, 0) is 29.1 Å². The zero-order chi connectivity index (χ0) is 44.8. The number of fused-ring (bicyclic) bond motifs is 3. The van der Waals surface area contributed by atoms with Crippen molar-refractivity contribution in [2.24, 2.45) is 35.5 Å². The minimum absolute atomic E-state index is 0.213. The zero-order valence-electron chi connectivity index (χ0n) is 38.7. The van der Waals surface area contributed by atoms with Gasteiger partial charge in [-0.25, -0.2) is 0 Å². The smallest absolute Gasteiger partial charge is 0.311 e. The van der Waals surface area contributed by atoms with E-state index in [9.17, 15) is 30.4 Å². The van der Waals surface area contributed by atoms with Crippen LogP contribution < -0.4 is 0 Å². The molecule has 8 bridgehead atoms. The number of nitro benzene ring substituents is 2. The molecule has 65 heavy (non-hydrogen) atoms. The molecule has 9 aliphatic rings. The quantitative estimate of drug-likeness (QED) is 0.0577. The van der Waals surface area contributed by atoms with Crippen molar-refractivity contribution < 1.29 is 20.1 Å². The van der Waals surface area contributed by atoms with Crippen LogP contribution in [0.4, 0.5) is 11.4 Å². The van der Waals surface area contributed by atoms with Gasteiger partial charge in [-0.1, -0.05) is 88.8 Å². The highest BCUT2D eigenvalue weighted by Crippen LogP contribution is 2.67. The molecule has 342 valence electrons. The number of hydrogen-bond acceptors (Lipinski definition) is 6. The molecular weight excluding hydrogens is 809 g/mol. The molecular formula is C57H68N2O6. The van der Waals surface area contributed by atoms with Crippen LogP contribution in [0, 0.1) is 55.7 Å². The fraction of sp³-hybridized carbons (Fsp3) is 0.579. The molecule has 13 rings (SSSR count). The maximum Gasteiger partial charge on any atom is 0.311 e. The average molecular weight is 877 g/mol. The second kappa shape index (κ2) is 16.3. The van der Waals surface area contributed by atoms with Crippen LogP contribution in [0.3, 0.4) is 0 Å². The lowest BCUT2D eigenvalue weighted by Gasteiger charge is -2.57. The van der Waals surface area contributed by atoms with Crippen molar-refractivity contribution in [2.45, 2.75) is 171 Å². The summed E-state index contributed by atoms with van der Waals surface area (Å²) in [5.41, 5.74) is 6.62. The van der Waals surface area contributed by atoms with E-state index in [2.05, 4.69) is 62.4 Å². The summed E-state index contributed by atoms with van der Waals surface area (Å²) in [5, 5.41) is 51.6. The van der Waals surface area contributed by atoms with Crippen LogP contribution in [0.25, 0.3) is 11.1 Å². The summed E-state index contributed by atoms with van der Waals surface area (Å²) in [7, 11) is 0. The highest BCUT2D eigenvalue weighted by molar-refractivity contribution is 5.88. The van der Waals surface area contributed by atoms with Crippen molar-refractivity contribution >= 4 is 11.4 Å². The summed E-state index contributed by atoms with van der Waals surface area (Å²) in [4.78, 5) is 26.2. The summed E-state index contributed by atoms with van der Waals surface area (Å²) in [6, 6.07) is 21.1. The Hall–Kier alpha value is -4.72. The van der Waals surface area contributed by atoms with Gasteiger partial charge in [-0.2, -0.15) is 0 Å². The van der Waals surface area contributed by atoms with Crippen LogP contribution in [0.5, 0.6) is 11.5 Å². The minimum Gasteiger partial charge on any atom is -0.502 e. The van der Waals surface area contributed by atoms with Crippen LogP contribution in [0.1, 0.15) is 187 Å². The maximum atomic E-state index is 13.5. The lowest BCUT2D eigenvalue weighted by Crippen LogP contribution is -2.49. The predicted octanol–water partition coefficient (Wildman–Crippen LogP) is 14.5. The first-order valence-corrected chi connectivity index (χ1v) is 25.8. The summed E-state index contributed by atoms with van der Waals surface area (Å²) in [5.74, 6) is 2.81. The van der Waals surface area contributed by atoms with Gasteiger partial charge in [0.1, 0.15) is 0 Å². The lowest BCUT2D eigenvalue weighted by atomic mass is 9.47. The summed E-state index contributed by atoms with van der Waals surface area (Å²) >= 11 is 0. The third-order valence-electron chi connectivity index (χ3n) is 18.6. The third-order valence-corrected chi connectivity index (χ3v) is 18.6. The topological polar surface area (TPSA) is 127 Å². The van der Waals surface area contributed by atoms with E-state index >= 15 is 0 Å². The molecule has 0 amide bonds. The van der Waals surface area contributed by atoms with E-state index in [0.29, 0.717) is 57.8 Å². The fourth-order valence-corrected chi connectivity index (χ4v) is 16.7. The van der Waals surface area contributed by atoms with Gasteiger partial charge >= 0.3 is 11.4 Å². The van der Waals surface area contributed by atoms with Gasteiger partial charge in [-0.15, -0.1) is 0 Å². The van der Waals surface area contributed by atoms with Gasteiger partial charge in [0.2, 0.25) is 0 Å². The second-order valence-corrected chi connectivity index (χ2v) is 22.8. The molecule has 8 fully saturated rings. The Kier molecular flexibility index (Phi) is 10.7. The molecule has 9 aliphatic carbocycles. The second-order valence-electron chi connectivity index (χ2n) is 22.8. The number of nitrogens with zero attached hydrogens (tertiary/aromatic N) is 2. The lowest BCUT2D eigenvalue weighted by molar-refractivity contribution is -0.386. The Morgan fingerprint density at radius 2 is 0.846 bits per heavy atom. The molecule has 0 unspecified atom stereocenters. The monoisotopic (exact) mass is 877 g/mol. The first-order chi connectivity index (χ1) is 31.4. The molecule has 0 saturated heterocycles. The van der Waals surface area contributed by atoms with Gasteiger partial charge in [0, 0.05) is 34.1 Å². The highest BCUT2D eigenvalue weighted by atomic mass is 16.6. The Morgan fingerprint density at radius 1 is 0.492 bits per heavy atom. The number of nitro groups is 2.